The smallest absolute Gasteiger partial charge is 0.270 e. The Bertz CT molecular complexity index is 293. The molecule has 0 saturated carbocycles. The van der Waals surface area contributed by atoms with Crippen LogP contribution in [0.15, 0.2) is 10.7 Å². The summed E-state index contributed by atoms with van der Waals surface area (Å²) in [6.07, 6.45) is 1.59. The zero-order valence-corrected chi connectivity index (χ0v) is 9.60. The molecular weight excluding hydrogens is 254 g/mol. The summed E-state index contributed by atoms with van der Waals surface area (Å²) < 4.78 is 2.23. The second-order valence-electron chi connectivity index (χ2n) is 2.44. The van der Waals surface area contributed by atoms with Crippen molar-refractivity contribution in [1.82, 2.24) is 15.1 Å². The summed E-state index contributed by atoms with van der Waals surface area (Å²) in [4.78, 5) is 11.5. The minimum atomic E-state index is -0.138. The van der Waals surface area contributed by atoms with Crippen LogP contribution in [-0.4, -0.2) is 28.0 Å². The number of rotatable bonds is 3. The second-order valence-corrected chi connectivity index (χ2v) is 3.75. The van der Waals surface area contributed by atoms with Gasteiger partial charge in [0, 0.05) is 19.3 Å². The number of nitrogens with one attached hydrogen (secondary N) is 1. The molecule has 1 amide bonds. The highest BCUT2D eigenvalue weighted by molar-refractivity contribution is 9.10. The SMILES string of the molecule is Cn1ncc(Br)c1C(=O)NCCS. The first kappa shape index (κ1) is 10.6. The van der Waals surface area contributed by atoms with Gasteiger partial charge in [0.2, 0.25) is 0 Å². The monoisotopic (exact) mass is 263 g/mol. The number of nitrogens with zero attached hydrogens (tertiary/aromatic N) is 2. The summed E-state index contributed by atoms with van der Waals surface area (Å²) in [5.41, 5.74) is 0.529. The van der Waals surface area contributed by atoms with Gasteiger partial charge in [0.05, 0.1) is 10.7 Å². The summed E-state index contributed by atoms with van der Waals surface area (Å²) in [7, 11) is 1.72. The Hall–Kier alpha value is -0.490. The molecule has 0 unspecified atom stereocenters. The van der Waals surface area contributed by atoms with Crippen molar-refractivity contribution in [3.8, 4) is 0 Å². The van der Waals surface area contributed by atoms with Crippen molar-refractivity contribution in [2.24, 2.45) is 7.05 Å². The predicted octanol–water partition coefficient (Wildman–Crippen LogP) is 0.842. The number of carbonyl (C=O) groups is 1. The highest BCUT2D eigenvalue weighted by atomic mass is 79.9. The quantitative estimate of drug-likeness (QED) is 0.795. The van der Waals surface area contributed by atoms with Gasteiger partial charge in [-0.1, -0.05) is 0 Å². The summed E-state index contributed by atoms with van der Waals surface area (Å²) >= 11 is 7.24. The third-order valence-corrected chi connectivity index (χ3v) is 2.31. The number of aromatic nitrogens is 2. The van der Waals surface area contributed by atoms with E-state index in [1.54, 1.807) is 13.2 Å². The molecule has 0 aliphatic carbocycles. The van der Waals surface area contributed by atoms with Crippen LogP contribution in [0.25, 0.3) is 0 Å². The average Bonchev–Trinajstić information content (AvgIpc) is 2.42. The Morgan fingerprint density at radius 3 is 3.00 bits per heavy atom. The molecule has 0 aliphatic rings. The van der Waals surface area contributed by atoms with Crippen LogP contribution in [0.4, 0.5) is 0 Å². The maximum atomic E-state index is 11.5. The van der Waals surface area contributed by atoms with Crippen molar-refractivity contribution in [1.29, 1.82) is 0 Å². The summed E-state index contributed by atoms with van der Waals surface area (Å²) in [6.45, 7) is 0.555. The Morgan fingerprint density at radius 1 is 1.85 bits per heavy atom. The highest BCUT2D eigenvalue weighted by Crippen LogP contribution is 2.14. The van der Waals surface area contributed by atoms with Crippen LogP contribution in [-0.2, 0) is 7.05 Å². The van der Waals surface area contributed by atoms with E-state index in [0.717, 1.165) is 0 Å². The van der Waals surface area contributed by atoms with Crippen molar-refractivity contribution in [3.63, 3.8) is 0 Å². The first-order valence-corrected chi connectivity index (χ1v) is 5.16. The lowest BCUT2D eigenvalue weighted by molar-refractivity contribution is 0.0946. The minimum absolute atomic E-state index is 0.138. The van der Waals surface area contributed by atoms with Gasteiger partial charge >= 0.3 is 0 Å². The first-order valence-electron chi connectivity index (χ1n) is 3.73. The van der Waals surface area contributed by atoms with Crippen LogP contribution in [0.3, 0.4) is 0 Å². The number of carbonyl (C=O) groups excluding carboxylic acids is 1. The first-order chi connectivity index (χ1) is 6.16. The molecule has 72 valence electrons. The zero-order valence-electron chi connectivity index (χ0n) is 7.12. The topological polar surface area (TPSA) is 46.9 Å². The number of hydrogen-bond donors (Lipinski definition) is 2. The van der Waals surface area contributed by atoms with Gasteiger partial charge in [0.1, 0.15) is 5.69 Å². The Balaban J connectivity index is 2.76. The molecule has 6 heteroatoms. The molecule has 0 atom stereocenters. The van der Waals surface area contributed by atoms with Gasteiger partial charge in [-0.3, -0.25) is 9.48 Å². The lowest BCUT2D eigenvalue weighted by Gasteiger charge is -2.03. The van der Waals surface area contributed by atoms with Crippen molar-refractivity contribution >= 4 is 34.5 Å². The molecule has 0 aliphatic heterocycles. The number of hydrogen-bond acceptors (Lipinski definition) is 3. The molecule has 0 bridgehead atoms. The second kappa shape index (κ2) is 4.66. The van der Waals surface area contributed by atoms with E-state index in [2.05, 4.69) is 39.0 Å². The lowest BCUT2D eigenvalue weighted by Crippen LogP contribution is -2.27. The molecular formula is C7H10BrN3OS. The van der Waals surface area contributed by atoms with E-state index in [4.69, 9.17) is 0 Å². The Kier molecular flexibility index (Phi) is 3.80. The zero-order chi connectivity index (χ0) is 9.84. The molecule has 1 rings (SSSR count). The van der Waals surface area contributed by atoms with E-state index in [9.17, 15) is 4.79 Å². The average molecular weight is 264 g/mol. The third-order valence-electron chi connectivity index (χ3n) is 1.51. The number of aryl methyl sites for hydroxylation is 1. The van der Waals surface area contributed by atoms with Crippen molar-refractivity contribution in [2.75, 3.05) is 12.3 Å². The van der Waals surface area contributed by atoms with Crippen molar-refractivity contribution in [2.45, 2.75) is 0 Å². The van der Waals surface area contributed by atoms with Gasteiger partial charge in [-0.15, -0.1) is 0 Å². The van der Waals surface area contributed by atoms with Gasteiger partial charge < -0.3 is 5.32 Å². The lowest BCUT2D eigenvalue weighted by atomic mass is 10.4. The Labute approximate surface area is 90.2 Å². The van der Waals surface area contributed by atoms with Gasteiger partial charge in [-0.25, -0.2) is 0 Å². The van der Waals surface area contributed by atoms with E-state index in [1.165, 1.54) is 4.68 Å². The molecule has 1 aromatic heterocycles. The number of thiol groups is 1. The molecule has 0 spiro atoms. The molecule has 0 aromatic carbocycles. The van der Waals surface area contributed by atoms with Crippen LogP contribution in [0.2, 0.25) is 0 Å². The maximum absolute atomic E-state index is 11.5. The van der Waals surface area contributed by atoms with E-state index >= 15 is 0 Å². The van der Waals surface area contributed by atoms with E-state index in [1.807, 2.05) is 0 Å². The van der Waals surface area contributed by atoms with Crippen molar-refractivity contribution < 1.29 is 4.79 Å². The fourth-order valence-corrected chi connectivity index (χ4v) is 1.56. The fraction of sp³-hybridized carbons (Fsp3) is 0.429. The van der Waals surface area contributed by atoms with Crippen LogP contribution >= 0.6 is 28.6 Å². The van der Waals surface area contributed by atoms with Crippen LogP contribution < -0.4 is 5.32 Å². The molecule has 4 nitrogen and oxygen atoms in total. The molecule has 1 N–H and O–H groups in total. The predicted molar refractivity (Wildman–Crippen MR) is 57.1 cm³/mol. The third kappa shape index (κ3) is 2.47. The molecule has 0 saturated heterocycles. The van der Waals surface area contributed by atoms with E-state index in [0.29, 0.717) is 22.5 Å². The fourth-order valence-electron chi connectivity index (χ4n) is 0.919. The summed E-state index contributed by atoms with van der Waals surface area (Å²) in [5.74, 6) is 0.488. The molecule has 0 fully saturated rings. The molecule has 13 heavy (non-hydrogen) atoms. The van der Waals surface area contributed by atoms with Gasteiger partial charge in [0.25, 0.3) is 5.91 Å². The molecule has 1 aromatic rings. The standard InChI is InChI=1S/C7H10BrN3OS/c1-11-6(5(8)4-10-11)7(12)9-2-3-13/h4,13H,2-3H2,1H3,(H,9,12). The van der Waals surface area contributed by atoms with E-state index in [-0.39, 0.29) is 5.91 Å². The number of halogens is 1. The van der Waals surface area contributed by atoms with Crippen LogP contribution in [0, 0.1) is 0 Å². The minimum Gasteiger partial charge on any atom is -0.350 e. The molecule has 1 heterocycles. The van der Waals surface area contributed by atoms with Gasteiger partial charge in [0.15, 0.2) is 0 Å². The van der Waals surface area contributed by atoms with Crippen LogP contribution in [0.1, 0.15) is 10.5 Å². The molecule has 0 radical (unpaired) electrons. The summed E-state index contributed by atoms with van der Waals surface area (Å²) in [5, 5.41) is 6.65. The van der Waals surface area contributed by atoms with E-state index < -0.39 is 0 Å². The Morgan fingerprint density at radius 2 is 2.54 bits per heavy atom. The van der Waals surface area contributed by atoms with Gasteiger partial charge in [-0.05, 0) is 15.9 Å². The van der Waals surface area contributed by atoms with Gasteiger partial charge in [-0.2, -0.15) is 17.7 Å². The highest BCUT2D eigenvalue weighted by Gasteiger charge is 2.13. The van der Waals surface area contributed by atoms with Crippen LogP contribution in [0.5, 0.6) is 0 Å². The number of amides is 1. The maximum Gasteiger partial charge on any atom is 0.270 e. The normalized spacial score (nSPS) is 10.1. The van der Waals surface area contributed by atoms with Crippen molar-refractivity contribution in [3.05, 3.63) is 16.4 Å². The summed E-state index contributed by atoms with van der Waals surface area (Å²) in [6, 6.07) is 0. The largest absolute Gasteiger partial charge is 0.350 e.